The minimum absolute atomic E-state index is 0.0692. The molecule has 6 rings (SSSR count). The van der Waals surface area contributed by atoms with Gasteiger partial charge in [0.05, 0.1) is 34.8 Å². The van der Waals surface area contributed by atoms with Gasteiger partial charge in [-0.1, -0.05) is 6.85 Å². The summed E-state index contributed by atoms with van der Waals surface area (Å²) in [5.41, 5.74) is 2.91. The predicted molar refractivity (Wildman–Crippen MR) is 136 cm³/mol. The van der Waals surface area contributed by atoms with E-state index in [-0.39, 0.29) is 47.7 Å². The van der Waals surface area contributed by atoms with Crippen LogP contribution in [0, 0.1) is 17.6 Å². The van der Waals surface area contributed by atoms with Crippen molar-refractivity contribution in [2.75, 3.05) is 25.4 Å². The smallest absolute Gasteiger partial charge is 0.254 e. The lowest BCUT2D eigenvalue weighted by atomic mass is 9.73. The lowest BCUT2D eigenvalue weighted by Gasteiger charge is -2.53. The number of nitrogens with one attached hydrogen (secondary N) is 1. The molecule has 0 spiro atoms. The molecule has 2 saturated heterocycles. The number of fused-ring (bicyclic) bond motifs is 3. The number of hydrogen-bond acceptors (Lipinski definition) is 7. The molecular weight excluding hydrogens is 497 g/mol. The van der Waals surface area contributed by atoms with Crippen molar-refractivity contribution in [1.82, 2.24) is 25.2 Å². The Balaban J connectivity index is 1.56. The standard InChI is InChI=1S/C27H29F3N6O2/c1-3-36-14-27(9-7-16(36)8-10-27)35-25(37)17-12-21(15-11-18(28)26(32-13-15)38-4-2)33-23(22(17)29)20-6-5-19(31)24(30)34-20/h5-6,11-13,16H,3-4,7-10,14,31H2,1-2H3,(H,35,37)/i1D3,3D2. The summed E-state index contributed by atoms with van der Waals surface area (Å²) in [5, 5.41) is 2.82. The molecule has 3 fully saturated rings. The molecule has 0 atom stereocenters. The molecule has 1 aliphatic carbocycles. The molecule has 0 radical (unpaired) electrons. The van der Waals surface area contributed by atoms with E-state index in [2.05, 4.69) is 20.3 Å². The van der Waals surface area contributed by atoms with E-state index in [1.165, 1.54) is 17.2 Å². The van der Waals surface area contributed by atoms with E-state index in [1.54, 1.807) is 6.92 Å². The van der Waals surface area contributed by atoms with Crippen LogP contribution in [0.5, 0.6) is 5.88 Å². The second kappa shape index (κ2) is 10.2. The van der Waals surface area contributed by atoms with Gasteiger partial charge in [0.1, 0.15) is 5.69 Å². The third-order valence-corrected chi connectivity index (χ3v) is 7.06. The Bertz CT molecular complexity index is 1570. The van der Waals surface area contributed by atoms with Crippen molar-refractivity contribution in [1.29, 1.82) is 0 Å². The van der Waals surface area contributed by atoms with Crippen molar-refractivity contribution in [3.8, 4) is 28.5 Å². The highest BCUT2D eigenvalue weighted by molar-refractivity contribution is 5.97. The first kappa shape index (κ1) is 20.3. The van der Waals surface area contributed by atoms with Gasteiger partial charge in [-0.05, 0) is 63.4 Å². The van der Waals surface area contributed by atoms with Gasteiger partial charge in [0.25, 0.3) is 5.91 Å². The van der Waals surface area contributed by atoms with Crippen molar-refractivity contribution >= 4 is 11.6 Å². The molecule has 2 aliphatic heterocycles. The minimum atomic E-state index is -2.93. The number of piperidine rings is 2. The Labute approximate surface area is 225 Å². The summed E-state index contributed by atoms with van der Waals surface area (Å²) in [6, 6.07) is 4.22. The van der Waals surface area contributed by atoms with Crippen LogP contribution < -0.4 is 15.8 Å². The van der Waals surface area contributed by atoms with Crippen LogP contribution in [0.15, 0.2) is 30.5 Å². The quantitative estimate of drug-likeness (QED) is 0.437. The Kier molecular flexibility index (Phi) is 5.44. The molecule has 11 heteroatoms. The fourth-order valence-electron chi connectivity index (χ4n) is 5.08. The van der Waals surface area contributed by atoms with Gasteiger partial charge in [-0.15, -0.1) is 0 Å². The van der Waals surface area contributed by atoms with Crippen LogP contribution in [-0.2, 0) is 0 Å². The molecule has 3 N–H and O–H groups in total. The van der Waals surface area contributed by atoms with Gasteiger partial charge in [-0.2, -0.15) is 4.39 Å². The predicted octanol–water partition coefficient (Wildman–Crippen LogP) is 4.35. The van der Waals surface area contributed by atoms with Crippen molar-refractivity contribution in [3.63, 3.8) is 0 Å². The van der Waals surface area contributed by atoms with Crippen LogP contribution in [0.4, 0.5) is 18.9 Å². The molecule has 3 aromatic heterocycles. The van der Waals surface area contributed by atoms with Gasteiger partial charge in [0.2, 0.25) is 11.8 Å². The van der Waals surface area contributed by atoms with Crippen LogP contribution in [-0.4, -0.2) is 57.0 Å². The monoisotopic (exact) mass is 531 g/mol. The van der Waals surface area contributed by atoms with Crippen molar-refractivity contribution in [3.05, 3.63) is 53.6 Å². The maximum absolute atomic E-state index is 16.0. The average molecular weight is 532 g/mol. The fraction of sp³-hybridized carbons (Fsp3) is 0.407. The summed E-state index contributed by atoms with van der Waals surface area (Å²) in [7, 11) is 0. The number of likely N-dealkylation sites (N-methyl/N-ethyl adjacent to an activating group) is 1. The number of halogens is 3. The molecule has 5 heterocycles. The Morgan fingerprint density at radius 1 is 1.26 bits per heavy atom. The highest BCUT2D eigenvalue weighted by Gasteiger charge is 2.45. The first-order valence-electron chi connectivity index (χ1n) is 14.7. The molecule has 8 nitrogen and oxygen atoms in total. The summed E-state index contributed by atoms with van der Waals surface area (Å²) in [5.74, 6) is -4.19. The molecule has 3 aliphatic rings. The van der Waals surface area contributed by atoms with Crippen molar-refractivity contribution in [2.24, 2.45) is 0 Å². The van der Waals surface area contributed by atoms with Crippen molar-refractivity contribution < 1.29 is 29.6 Å². The van der Waals surface area contributed by atoms with Crippen LogP contribution >= 0.6 is 0 Å². The zero-order chi connectivity index (χ0) is 31.3. The minimum Gasteiger partial charge on any atom is -0.476 e. The summed E-state index contributed by atoms with van der Waals surface area (Å²) in [6.45, 7) is -3.86. The van der Waals surface area contributed by atoms with Gasteiger partial charge in [-0.3, -0.25) is 9.69 Å². The second-order valence-corrected chi connectivity index (χ2v) is 9.44. The van der Waals surface area contributed by atoms with Crippen LogP contribution in [0.25, 0.3) is 22.6 Å². The lowest BCUT2D eigenvalue weighted by Crippen LogP contribution is -2.65. The summed E-state index contributed by atoms with van der Waals surface area (Å²) in [6.07, 6.45) is 2.92. The van der Waals surface area contributed by atoms with Gasteiger partial charge in [0.15, 0.2) is 11.6 Å². The number of ether oxygens (including phenoxy) is 1. The number of nitrogen functional groups attached to an aromatic ring is 1. The zero-order valence-electron chi connectivity index (χ0n) is 25.5. The Morgan fingerprint density at radius 3 is 2.74 bits per heavy atom. The Morgan fingerprint density at radius 2 is 2.05 bits per heavy atom. The number of pyridine rings is 3. The van der Waals surface area contributed by atoms with E-state index in [4.69, 9.17) is 17.3 Å². The van der Waals surface area contributed by atoms with Crippen molar-refractivity contribution in [2.45, 2.75) is 51.0 Å². The number of carbonyl (C=O) groups excluding carboxylic acids is 1. The molecule has 200 valence electrons. The van der Waals surface area contributed by atoms with E-state index in [1.807, 2.05) is 0 Å². The van der Waals surface area contributed by atoms with Gasteiger partial charge in [0, 0.05) is 31.2 Å². The highest BCUT2D eigenvalue weighted by atomic mass is 19.1. The first-order chi connectivity index (χ1) is 20.2. The third-order valence-electron chi connectivity index (χ3n) is 7.06. The van der Waals surface area contributed by atoms with E-state index in [0.29, 0.717) is 25.7 Å². The third kappa shape index (κ3) is 4.78. The zero-order valence-corrected chi connectivity index (χ0v) is 20.5. The normalized spacial score (nSPS) is 23.6. The summed E-state index contributed by atoms with van der Waals surface area (Å²) >= 11 is 0. The van der Waals surface area contributed by atoms with E-state index < -0.39 is 53.6 Å². The molecule has 2 bridgehead atoms. The van der Waals surface area contributed by atoms with Crippen LogP contribution in [0.2, 0.25) is 0 Å². The van der Waals surface area contributed by atoms with E-state index in [9.17, 15) is 13.6 Å². The number of hydrogen-bond donors (Lipinski definition) is 2. The van der Waals surface area contributed by atoms with Crippen LogP contribution in [0.3, 0.4) is 0 Å². The lowest BCUT2D eigenvalue weighted by molar-refractivity contribution is 0.0140. The number of carbonyl (C=O) groups is 1. The first-order valence-corrected chi connectivity index (χ1v) is 12.2. The summed E-state index contributed by atoms with van der Waals surface area (Å²) < 4.78 is 89.8. The molecule has 3 aromatic rings. The average Bonchev–Trinajstić information content (AvgIpc) is 2.95. The van der Waals surface area contributed by atoms with Gasteiger partial charge >= 0.3 is 0 Å². The number of amides is 1. The van der Waals surface area contributed by atoms with E-state index >= 15 is 4.39 Å². The largest absolute Gasteiger partial charge is 0.476 e. The maximum Gasteiger partial charge on any atom is 0.254 e. The maximum atomic E-state index is 16.0. The summed E-state index contributed by atoms with van der Waals surface area (Å²) in [4.78, 5) is 26.8. The van der Waals surface area contributed by atoms with E-state index in [0.717, 1.165) is 18.2 Å². The molecule has 1 saturated carbocycles. The number of rotatable bonds is 7. The number of aromatic nitrogens is 3. The molecule has 1 amide bonds. The highest BCUT2D eigenvalue weighted by Crippen LogP contribution is 2.38. The van der Waals surface area contributed by atoms with Gasteiger partial charge < -0.3 is 15.8 Å². The number of nitrogens with zero attached hydrogens (tertiary/aromatic N) is 4. The molecule has 0 aromatic carbocycles. The SMILES string of the molecule is [2H]C([2H])([2H])C([2H])([2H])N1CC2(NC(=O)c3cc(-c4cnc(OCC)c(F)c4)nc(-c4ccc(N)c(F)n4)c3F)CCC1CC2. The molecule has 0 unspecified atom stereocenters. The molecule has 38 heavy (non-hydrogen) atoms. The van der Waals surface area contributed by atoms with Crippen LogP contribution in [0.1, 0.15) is 56.7 Å². The Hall–Kier alpha value is -3.73. The number of anilines is 1. The van der Waals surface area contributed by atoms with Gasteiger partial charge in [-0.25, -0.2) is 23.7 Å². The topological polar surface area (TPSA) is 106 Å². The molecular formula is C27H29F3N6O2. The second-order valence-electron chi connectivity index (χ2n) is 9.44. The number of nitrogens with two attached hydrogens (primary N) is 1. The fourth-order valence-corrected chi connectivity index (χ4v) is 5.08.